The van der Waals surface area contributed by atoms with E-state index in [1.165, 1.54) is 6.20 Å². The van der Waals surface area contributed by atoms with Crippen molar-refractivity contribution in [1.29, 1.82) is 0 Å². The number of hydrogen-bond acceptors (Lipinski definition) is 5. The summed E-state index contributed by atoms with van der Waals surface area (Å²) in [6.45, 7) is 7.91. The predicted octanol–water partition coefficient (Wildman–Crippen LogP) is -0.0729. The van der Waals surface area contributed by atoms with Crippen molar-refractivity contribution in [1.82, 2.24) is 24.2 Å². The smallest absolute Gasteiger partial charge is 0.264 e. The van der Waals surface area contributed by atoms with Crippen LogP contribution < -0.4 is 5.56 Å². The molecule has 1 N–H and O–H groups in total. The van der Waals surface area contributed by atoms with E-state index in [0.717, 1.165) is 19.6 Å². The summed E-state index contributed by atoms with van der Waals surface area (Å²) in [5, 5.41) is 13.5. The Labute approximate surface area is 117 Å². The third-order valence-electron chi connectivity index (χ3n) is 3.49. The van der Waals surface area contributed by atoms with E-state index in [1.54, 1.807) is 15.6 Å². The van der Waals surface area contributed by atoms with E-state index in [4.69, 9.17) is 5.11 Å². The summed E-state index contributed by atoms with van der Waals surface area (Å²) < 4.78 is 3.16. The second kappa shape index (κ2) is 6.62. The maximum atomic E-state index is 12.3. The lowest BCUT2D eigenvalue weighted by Gasteiger charge is -2.18. The first-order valence-corrected chi connectivity index (χ1v) is 6.95. The molecule has 0 aromatic carbocycles. The van der Waals surface area contributed by atoms with Crippen molar-refractivity contribution in [2.75, 3.05) is 26.2 Å². The van der Waals surface area contributed by atoms with E-state index in [-0.39, 0.29) is 12.2 Å². The fourth-order valence-corrected chi connectivity index (χ4v) is 2.20. The quantitative estimate of drug-likeness (QED) is 0.767. The van der Waals surface area contributed by atoms with Gasteiger partial charge in [-0.1, -0.05) is 13.8 Å². The molecule has 0 atom stereocenters. The van der Waals surface area contributed by atoms with Gasteiger partial charge >= 0.3 is 0 Å². The van der Waals surface area contributed by atoms with Gasteiger partial charge in [0.25, 0.3) is 5.56 Å². The van der Waals surface area contributed by atoms with Gasteiger partial charge in [0.15, 0.2) is 5.65 Å². The fourth-order valence-electron chi connectivity index (χ4n) is 2.20. The number of fused-ring (bicyclic) bond motifs is 1. The van der Waals surface area contributed by atoms with Crippen LogP contribution in [0, 0.1) is 0 Å². The number of nitrogens with zero attached hydrogens (tertiary/aromatic N) is 5. The van der Waals surface area contributed by atoms with Crippen LogP contribution in [0.2, 0.25) is 0 Å². The van der Waals surface area contributed by atoms with Gasteiger partial charge in [0.1, 0.15) is 11.7 Å². The number of rotatable bonds is 7. The molecule has 0 saturated heterocycles. The Morgan fingerprint density at radius 1 is 1.30 bits per heavy atom. The third kappa shape index (κ3) is 2.88. The topological polar surface area (TPSA) is 76.2 Å². The average molecular weight is 279 g/mol. The molecule has 0 aliphatic heterocycles. The van der Waals surface area contributed by atoms with E-state index < -0.39 is 0 Å². The molecule has 110 valence electrons. The van der Waals surface area contributed by atoms with Crippen LogP contribution in [0.25, 0.3) is 11.0 Å². The van der Waals surface area contributed by atoms with Gasteiger partial charge in [-0.05, 0) is 13.1 Å². The summed E-state index contributed by atoms with van der Waals surface area (Å²) in [7, 11) is 0. The Kier molecular flexibility index (Phi) is 4.86. The minimum absolute atomic E-state index is 0.0243. The van der Waals surface area contributed by atoms with Crippen LogP contribution in [-0.4, -0.2) is 55.6 Å². The van der Waals surface area contributed by atoms with E-state index in [9.17, 15) is 4.79 Å². The van der Waals surface area contributed by atoms with Crippen molar-refractivity contribution < 1.29 is 5.11 Å². The summed E-state index contributed by atoms with van der Waals surface area (Å²) in [4.78, 5) is 18.9. The molecule has 20 heavy (non-hydrogen) atoms. The highest BCUT2D eigenvalue weighted by molar-refractivity contribution is 5.72. The first-order chi connectivity index (χ1) is 9.71. The monoisotopic (exact) mass is 279 g/mol. The maximum absolute atomic E-state index is 12.3. The lowest BCUT2D eigenvalue weighted by molar-refractivity contribution is 0.271. The number of hydrogen-bond donors (Lipinski definition) is 1. The Morgan fingerprint density at radius 2 is 2.05 bits per heavy atom. The first kappa shape index (κ1) is 14.7. The van der Waals surface area contributed by atoms with Crippen LogP contribution in [0.4, 0.5) is 0 Å². The Hall–Kier alpha value is -1.73. The van der Waals surface area contributed by atoms with Crippen LogP contribution in [0.5, 0.6) is 0 Å². The third-order valence-corrected chi connectivity index (χ3v) is 3.49. The van der Waals surface area contributed by atoms with Crippen LogP contribution >= 0.6 is 0 Å². The molecule has 0 unspecified atom stereocenters. The normalized spacial score (nSPS) is 11.6. The molecule has 0 bridgehead atoms. The average Bonchev–Trinajstić information content (AvgIpc) is 2.86. The minimum atomic E-state index is -0.0775. The first-order valence-electron chi connectivity index (χ1n) is 6.95. The molecule has 0 amide bonds. The second-order valence-corrected chi connectivity index (χ2v) is 4.60. The largest absolute Gasteiger partial charge is 0.394 e. The van der Waals surface area contributed by atoms with E-state index in [2.05, 4.69) is 28.8 Å². The number of aliphatic hydroxyl groups excluding tert-OH is 1. The molecule has 0 aliphatic rings. The standard InChI is InChI=1S/C13H21N5O2/c1-3-16(4-2)5-6-17-10-14-12-11(13(17)20)9-15-18(12)7-8-19/h9-10,19H,3-8H2,1-2H3. The van der Waals surface area contributed by atoms with Crippen molar-refractivity contribution in [2.45, 2.75) is 26.9 Å². The van der Waals surface area contributed by atoms with E-state index in [1.807, 2.05) is 0 Å². The number of likely N-dealkylation sites (N-methyl/N-ethyl adjacent to an activating group) is 1. The lowest BCUT2D eigenvalue weighted by atomic mass is 10.4. The Bertz CT molecular complexity index is 615. The highest BCUT2D eigenvalue weighted by Gasteiger charge is 2.10. The van der Waals surface area contributed by atoms with Gasteiger partial charge in [0.2, 0.25) is 0 Å². The van der Waals surface area contributed by atoms with Crippen molar-refractivity contribution in [3.8, 4) is 0 Å². The van der Waals surface area contributed by atoms with Crippen molar-refractivity contribution >= 4 is 11.0 Å². The fraction of sp³-hybridized carbons (Fsp3) is 0.615. The van der Waals surface area contributed by atoms with Crippen molar-refractivity contribution in [3.05, 3.63) is 22.9 Å². The SMILES string of the molecule is CCN(CC)CCn1cnc2c(cnn2CCO)c1=O. The summed E-state index contributed by atoms with van der Waals surface area (Å²) >= 11 is 0. The van der Waals surface area contributed by atoms with Gasteiger partial charge in [0, 0.05) is 13.1 Å². The zero-order valence-corrected chi connectivity index (χ0v) is 12.0. The van der Waals surface area contributed by atoms with Gasteiger partial charge in [-0.3, -0.25) is 9.36 Å². The van der Waals surface area contributed by atoms with Gasteiger partial charge in [-0.15, -0.1) is 0 Å². The van der Waals surface area contributed by atoms with Crippen molar-refractivity contribution in [2.24, 2.45) is 0 Å². The molecular weight excluding hydrogens is 258 g/mol. The second-order valence-electron chi connectivity index (χ2n) is 4.60. The highest BCUT2D eigenvalue weighted by atomic mass is 16.3. The summed E-state index contributed by atoms with van der Waals surface area (Å²) in [5.41, 5.74) is 0.453. The molecule has 2 heterocycles. The molecule has 0 aliphatic carbocycles. The van der Waals surface area contributed by atoms with Crippen LogP contribution in [0.1, 0.15) is 13.8 Å². The summed E-state index contributed by atoms with van der Waals surface area (Å²) in [6.07, 6.45) is 3.08. The molecule has 7 heteroatoms. The molecule has 2 aromatic heterocycles. The zero-order chi connectivity index (χ0) is 14.5. The Balaban J connectivity index is 2.24. The molecule has 0 fully saturated rings. The maximum Gasteiger partial charge on any atom is 0.264 e. The minimum Gasteiger partial charge on any atom is -0.394 e. The zero-order valence-electron chi connectivity index (χ0n) is 12.0. The van der Waals surface area contributed by atoms with Crippen LogP contribution in [0.3, 0.4) is 0 Å². The molecule has 2 rings (SSSR count). The van der Waals surface area contributed by atoms with Crippen molar-refractivity contribution in [3.63, 3.8) is 0 Å². The molecule has 7 nitrogen and oxygen atoms in total. The Morgan fingerprint density at radius 3 is 2.70 bits per heavy atom. The van der Waals surface area contributed by atoms with Gasteiger partial charge < -0.3 is 10.0 Å². The molecular formula is C13H21N5O2. The van der Waals surface area contributed by atoms with Crippen LogP contribution in [-0.2, 0) is 13.1 Å². The lowest BCUT2D eigenvalue weighted by Crippen LogP contribution is -2.31. The molecule has 0 spiro atoms. The van der Waals surface area contributed by atoms with Gasteiger partial charge in [-0.2, -0.15) is 5.10 Å². The van der Waals surface area contributed by atoms with Crippen LogP contribution in [0.15, 0.2) is 17.3 Å². The molecule has 0 saturated carbocycles. The summed E-state index contributed by atoms with van der Waals surface area (Å²) in [6, 6.07) is 0. The van der Waals surface area contributed by atoms with Gasteiger partial charge in [-0.25, -0.2) is 9.67 Å². The van der Waals surface area contributed by atoms with E-state index >= 15 is 0 Å². The molecule has 2 aromatic rings. The van der Waals surface area contributed by atoms with E-state index in [0.29, 0.717) is 24.1 Å². The number of aromatic nitrogens is 4. The predicted molar refractivity (Wildman–Crippen MR) is 76.7 cm³/mol. The molecule has 0 radical (unpaired) electrons. The highest BCUT2D eigenvalue weighted by Crippen LogP contribution is 2.05. The van der Waals surface area contributed by atoms with Gasteiger partial charge in [0.05, 0.1) is 19.3 Å². The summed E-state index contributed by atoms with van der Waals surface area (Å²) in [5.74, 6) is 0. The number of aliphatic hydroxyl groups is 1.